The number of amides is 3. The van der Waals surface area contributed by atoms with Crippen LogP contribution in [0.4, 0.5) is 23.7 Å². The first kappa shape index (κ1) is 27.0. The van der Waals surface area contributed by atoms with E-state index in [-0.39, 0.29) is 49.4 Å². The summed E-state index contributed by atoms with van der Waals surface area (Å²) in [5, 5.41) is 9.20. The summed E-state index contributed by atoms with van der Waals surface area (Å²) in [7, 11) is 1.54. The van der Waals surface area contributed by atoms with Crippen molar-refractivity contribution in [3.63, 3.8) is 0 Å². The number of hydrogen-bond donors (Lipinski definition) is 0. The molecule has 3 aromatic rings. The number of alkyl halides is 3. The van der Waals surface area contributed by atoms with Crippen LogP contribution in [0, 0.1) is 17.2 Å². The molecule has 0 radical (unpaired) electrons. The number of aromatic nitrogens is 2. The number of rotatable bonds is 5. The lowest BCUT2D eigenvalue weighted by Gasteiger charge is -2.40. The molecule has 1 saturated heterocycles. The van der Waals surface area contributed by atoms with Crippen LogP contribution in [0.5, 0.6) is 0 Å². The highest BCUT2D eigenvalue weighted by Crippen LogP contribution is 2.44. The topological polar surface area (TPSA) is 118 Å². The number of ether oxygens (including phenoxy) is 1. The predicted octanol–water partition coefficient (Wildman–Crippen LogP) is 3.52. The summed E-state index contributed by atoms with van der Waals surface area (Å²) in [5.74, 6) is -3.13. The number of nitriles is 1. The van der Waals surface area contributed by atoms with Crippen LogP contribution in [0.2, 0.25) is 0 Å². The number of halogens is 3. The number of urea groups is 1. The normalized spacial score (nSPS) is 19.2. The fraction of sp³-hybridized carbons (Fsp3) is 0.370. The van der Waals surface area contributed by atoms with Gasteiger partial charge in [-0.1, -0.05) is 12.1 Å². The van der Waals surface area contributed by atoms with Crippen LogP contribution in [0.3, 0.4) is 0 Å². The van der Waals surface area contributed by atoms with Gasteiger partial charge in [0.2, 0.25) is 5.91 Å². The van der Waals surface area contributed by atoms with E-state index in [9.17, 15) is 37.6 Å². The van der Waals surface area contributed by atoms with E-state index in [1.54, 1.807) is 13.0 Å². The van der Waals surface area contributed by atoms with Gasteiger partial charge in [-0.15, -0.1) is 0 Å². The van der Waals surface area contributed by atoms with Crippen LogP contribution < -0.4 is 10.6 Å². The van der Waals surface area contributed by atoms with Crippen molar-refractivity contribution < 1.29 is 32.3 Å². The molecule has 5 rings (SSSR count). The van der Waals surface area contributed by atoms with Crippen LogP contribution in [0.25, 0.3) is 11.0 Å². The molecule has 1 unspecified atom stereocenters. The molecule has 0 spiro atoms. The zero-order valence-corrected chi connectivity index (χ0v) is 21.6. The molecule has 1 aliphatic carbocycles. The number of imide groups is 1. The maximum absolute atomic E-state index is 13.9. The number of esters is 1. The lowest BCUT2D eigenvalue weighted by Crippen LogP contribution is -2.59. The quantitative estimate of drug-likeness (QED) is 0.351. The number of anilines is 1. The highest BCUT2D eigenvalue weighted by molar-refractivity contribution is 6.13. The number of imidazole rings is 1. The number of nitrogens with zero attached hydrogens (tertiary/aromatic N) is 5. The fourth-order valence-electron chi connectivity index (χ4n) is 5.61. The highest BCUT2D eigenvalue weighted by atomic mass is 19.4. The van der Waals surface area contributed by atoms with Gasteiger partial charge in [-0.2, -0.15) is 18.4 Å². The number of hydrogen-bond acceptors (Lipinski definition) is 6. The summed E-state index contributed by atoms with van der Waals surface area (Å²) < 4.78 is 48.7. The van der Waals surface area contributed by atoms with Gasteiger partial charge >= 0.3 is 23.9 Å². The number of carbonyl (C=O) groups is 3. The summed E-state index contributed by atoms with van der Waals surface area (Å²) in [6.07, 6.45) is -4.56. The van der Waals surface area contributed by atoms with Gasteiger partial charge in [0.05, 0.1) is 41.9 Å². The summed E-state index contributed by atoms with van der Waals surface area (Å²) in [4.78, 5) is 55.0. The smallest absolute Gasteiger partial charge is 0.416 e. The van der Waals surface area contributed by atoms with Crippen LogP contribution in [0.1, 0.15) is 36.1 Å². The minimum absolute atomic E-state index is 0.00672. The summed E-state index contributed by atoms with van der Waals surface area (Å²) in [6.45, 7) is 0.934. The average Bonchev–Trinajstić information content (AvgIpc) is 3.43. The Morgan fingerprint density at radius 2 is 1.90 bits per heavy atom. The van der Waals surface area contributed by atoms with Crippen LogP contribution in [0.15, 0.2) is 41.2 Å². The van der Waals surface area contributed by atoms with Crippen molar-refractivity contribution in [1.82, 2.24) is 14.0 Å². The second kappa shape index (κ2) is 9.86. The summed E-state index contributed by atoms with van der Waals surface area (Å²) in [6, 6.07) is 8.36. The van der Waals surface area contributed by atoms with Gasteiger partial charge in [0.25, 0.3) is 0 Å². The molecule has 10 nitrogen and oxygen atoms in total. The molecule has 1 aliphatic heterocycles. The number of benzene rings is 2. The number of fused-ring (bicyclic) bond motifs is 2. The summed E-state index contributed by atoms with van der Waals surface area (Å²) >= 11 is 0. The molecule has 2 atom stereocenters. The van der Waals surface area contributed by atoms with Crippen molar-refractivity contribution in [3.8, 4) is 6.07 Å². The first-order chi connectivity index (χ1) is 19.0. The molecule has 208 valence electrons. The lowest BCUT2D eigenvalue weighted by atomic mass is 9.98. The molecule has 2 heterocycles. The summed E-state index contributed by atoms with van der Waals surface area (Å²) in [5.41, 5.74) is 0.0307. The molecular weight excluding hydrogens is 531 g/mol. The standard InChI is InChI=1S/C27H24F3N5O5/c1-3-40-24(37)18-14-34(15-7-9-21-22(13-15)33(12-11-31)25(38)32(21)2)26(39)35(23(18)36)20-10-8-16-17(20)5-4-6-19(16)27(28,29)30/h4-7,9,13,18,20H,3,8,10,12,14H2,1-2H3/t18?,20-/m1/s1. The Balaban J connectivity index is 1.62. The van der Waals surface area contributed by atoms with Crippen molar-refractivity contribution in [2.24, 2.45) is 13.0 Å². The van der Waals surface area contributed by atoms with Gasteiger partial charge in [-0.3, -0.25) is 28.5 Å². The predicted molar refractivity (Wildman–Crippen MR) is 135 cm³/mol. The average molecular weight is 556 g/mol. The molecule has 13 heteroatoms. The van der Waals surface area contributed by atoms with E-state index in [0.29, 0.717) is 11.0 Å². The number of carbonyl (C=O) groups excluding carboxylic acids is 3. The van der Waals surface area contributed by atoms with E-state index in [1.165, 1.54) is 45.3 Å². The monoisotopic (exact) mass is 555 g/mol. The Morgan fingerprint density at radius 3 is 2.58 bits per heavy atom. The van der Waals surface area contributed by atoms with Gasteiger partial charge in [0.15, 0.2) is 5.92 Å². The van der Waals surface area contributed by atoms with Crippen molar-refractivity contribution in [3.05, 3.63) is 63.6 Å². The minimum Gasteiger partial charge on any atom is -0.465 e. The molecule has 1 fully saturated rings. The molecular formula is C27H24F3N5O5. The molecule has 3 amide bonds. The Kier molecular flexibility index (Phi) is 6.65. The Morgan fingerprint density at radius 1 is 1.15 bits per heavy atom. The van der Waals surface area contributed by atoms with Gasteiger partial charge in [0.1, 0.15) is 6.54 Å². The largest absolute Gasteiger partial charge is 0.465 e. The first-order valence-electron chi connectivity index (χ1n) is 12.6. The van der Waals surface area contributed by atoms with Crippen molar-refractivity contribution in [1.29, 1.82) is 5.26 Å². The van der Waals surface area contributed by atoms with Crippen molar-refractivity contribution in [2.75, 3.05) is 18.1 Å². The minimum atomic E-state index is -4.61. The molecule has 0 bridgehead atoms. The van der Waals surface area contributed by atoms with E-state index in [0.717, 1.165) is 11.0 Å². The number of aryl methyl sites for hydroxylation is 1. The van der Waals surface area contributed by atoms with Gasteiger partial charge < -0.3 is 4.74 Å². The van der Waals surface area contributed by atoms with Crippen LogP contribution >= 0.6 is 0 Å². The van der Waals surface area contributed by atoms with Crippen LogP contribution in [-0.4, -0.2) is 45.1 Å². The molecule has 0 N–H and O–H groups in total. The third-order valence-electron chi connectivity index (χ3n) is 7.43. The third-order valence-corrected chi connectivity index (χ3v) is 7.43. The van der Waals surface area contributed by atoms with Crippen molar-refractivity contribution in [2.45, 2.75) is 38.5 Å². The highest BCUT2D eigenvalue weighted by Gasteiger charge is 2.49. The zero-order chi connectivity index (χ0) is 28.9. The molecule has 0 saturated carbocycles. The SMILES string of the molecule is CCOC(=O)C1CN(c2ccc3c(c2)n(CC#N)c(=O)n3C)C(=O)N([C@@H]2CCc3c2cccc3C(F)(F)F)C1=O. The molecule has 2 aromatic carbocycles. The maximum atomic E-state index is 13.9. The van der Waals surface area contributed by atoms with E-state index in [4.69, 9.17) is 4.74 Å². The van der Waals surface area contributed by atoms with E-state index in [2.05, 4.69) is 0 Å². The van der Waals surface area contributed by atoms with Gasteiger partial charge in [-0.05, 0) is 55.2 Å². The molecule has 2 aliphatic rings. The van der Waals surface area contributed by atoms with E-state index in [1.807, 2.05) is 6.07 Å². The second-order valence-electron chi connectivity index (χ2n) is 9.59. The molecule has 40 heavy (non-hydrogen) atoms. The van der Waals surface area contributed by atoms with Crippen LogP contribution in [-0.2, 0) is 40.5 Å². The van der Waals surface area contributed by atoms with Crippen molar-refractivity contribution >= 4 is 34.6 Å². The maximum Gasteiger partial charge on any atom is 0.416 e. The van der Waals surface area contributed by atoms with Gasteiger partial charge in [-0.25, -0.2) is 9.59 Å². The fourth-order valence-corrected chi connectivity index (χ4v) is 5.61. The Labute approximate surface area is 225 Å². The second-order valence-corrected chi connectivity index (χ2v) is 9.59. The molecule has 1 aromatic heterocycles. The van der Waals surface area contributed by atoms with E-state index < -0.39 is 47.3 Å². The zero-order valence-electron chi connectivity index (χ0n) is 21.6. The Bertz CT molecular complexity index is 1650. The van der Waals surface area contributed by atoms with E-state index >= 15 is 0 Å². The first-order valence-corrected chi connectivity index (χ1v) is 12.6. The van der Waals surface area contributed by atoms with Gasteiger partial charge in [0, 0.05) is 12.7 Å². The Hall–Kier alpha value is -4.60. The lowest BCUT2D eigenvalue weighted by molar-refractivity contribution is -0.155. The third kappa shape index (κ3) is 4.20.